The minimum absolute atomic E-state index is 0. The van der Waals surface area contributed by atoms with Crippen molar-refractivity contribution in [3.05, 3.63) is 21.9 Å². The van der Waals surface area contributed by atoms with Gasteiger partial charge in [0.05, 0.1) is 6.04 Å². The van der Waals surface area contributed by atoms with Gasteiger partial charge in [0.25, 0.3) is 0 Å². The number of hydrogen-bond acceptors (Lipinski definition) is 4. The zero-order valence-corrected chi connectivity index (χ0v) is 13.0. The van der Waals surface area contributed by atoms with E-state index < -0.39 is 0 Å². The molecule has 1 saturated heterocycles. The standard InChI is InChI=1S/C14H20N2O2S.ClH/c15-13(10-2-6-18-7-3-10)14(17)16-5-1-12-11(9-16)4-8-19-12;/h4,8,10,13H,1-3,5-7,9,15H2;1H. The summed E-state index contributed by atoms with van der Waals surface area (Å²) in [6.07, 6.45) is 2.79. The molecule has 20 heavy (non-hydrogen) atoms. The second-order valence-electron chi connectivity index (χ2n) is 5.35. The van der Waals surface area contributed by atoms with Crippen LogP contribution in [0.1, 0.15) is 23.3 Å². The Bertz CT molecular complexity index is 460. The van der Waals surface area contributed by atoms with Crippen LogP contribution in [0.3, 0.4) is 0 Å². The molecule has 4 nitrogen and oxygen atoms in total. The van der Waals surface area contributed by atoms with Crippen molar-refractivity contribution >= 4 is 29.7 Å². The first-order chi connectivity index (χ1) is 9.25. The fourth-order valence-corrected chi connectivity index (χ4v) is 3.81. The molecule has 1 fully saturated rings. The first kappa shape index (κ1) is 15.8. The number of amides is 1. The number of halogens is 1. The largest absolute Gasteiger partial charge is 0.381 e. The van der Waals surface area contributed by atoms with Crippen LogP contribution in [0.5, 0.6) is 0 Å². The maximum atomic E-state index is 12.5. The van der Waals surface area contributed by atoms with Crippen molar-refractivity contribution in [2.75, 3.05) is 19.8 Å². The van der Waals surface area contributed by atoms with Crippen LogP contribution >= 0.6 is 23.7 Å². The summed E-state index contributed by atoms with van der Waals surface area (Å²) in [7, 11) is 0. The quantitative estimate of drug-likeness (QED) is 0.905. The summed E-state index contributed by atoms with van der Waals surface area (Å²) in [6.45, 7) is 3.01. The first-order valence-corrected chi connectivity index (χ1v) is 7.81. The molecular formula is C14H21ClN2O2S. The molecule has 112 valence electrons. The molecule has 1 atom stereocenters. The SMILES string of the molecule is Cl.NC(C(=O)N1CCc2sccc2C1)C1CCOCC1. The molecule has 2 aliphatic rings. The lowest BCUT2D eigenvalue weighted by Gasteiger charge is -2.33. The van der Waals surface area contributed by atoms with E-state index in [1.54, 1.807) is 11.3 Å². The van der Waals surface area contributed by atoms with Gasteiger partial charge >= 0.3 is 0 Å². The van der Waals surface area contributed by atoms with Gasteiger partial charge in [-0.1, -0.05) is 0 Å². The number of carbonyl (C=O) groups excluding carboxylic acids is 1. The summed E-state index contributed by atoms with van der Waals surface area (Å²) in [5.74, 6) is 0.397. The Balaban J connectivity index is 0.00000147. The van der Waals surface area contributed by atoms with Crippen molar-refractivity contribution in [1.82, 2.24) is 4.90 Å². The third-order valence-corrected chi connectivity index (χ3v) is 5.20. The number of nitrogens with two attached hydrogens (primary N) is 1. The Kier molecular flexibility index (Phi) is 5.43. The van der Waals surface area contributed by atoms with E-state index in [0.717, 1.165) is 45.6 Å². The molecule has 0 bridgehead atoms. The van der Waals surface area contributed by atoms with Gasteiger partial charge in [-0.2, -0.15) is 0 Å². The molecule has 3 heterocycles. The van der Waals surface area contributed by atoms with Gasteiger partial charge in [-0.15, -0.1) is 23.7 Å². The van der Waals surface area contributed by atoms with Gasteiger partial charge < -0.3 is 15.4 Å². The number of rotatable bonds is 2. The summed E-state index contributed by atoms with van der Waals surface area (Å²) in [6, 6.07) is 1.77. The first-order valence-electron chi connectivity index (χ1n) is 6.93. The van der Waals surface area contributed by atoms with E-state index in [1.807, 2.05) is 4.90 Å². The summed E-state index contributed by atoms with van der Waals surface area (Å²) in [5, 5.41) is 2.11. The smallest absolute Gasteiger partial charge is 0.240 e. The van der Waals surface area contributed by atoms with Gasteiger partial charge in [0.1, 0.15) is 0 Å². The van der Waals surface area contributed by atoms with Gasteiger partial charge in [0.2, 0.25) is 5.91 Å². The third-order valence-electron chi connectivity index (χ3n) is 4.18. The van der Waals surface area contributed by atoms with Crippen molar-refractivity contribution in [3.63, 3.8) is 0 Å². The Labute approximate surface area is 129 Å². The average molecular weight is 317 g/mol. The Morgan fingerprint density at radius 3 is 2.95 bits per heavy atom. The minimum Gasteiger partial charge on any atom is -0.381 e. The molecule has 6 heteroatoms. The van der Waals surface area contributed by atoms with E-state index >= 15 is 0 Å². The zero-order valence-electron chi connectivity index (χ0n) is 11.4. The number of nitrogens with zero attached hydrogens (tertiary/aromatic N) is 1. The van der Waals surface area contributed by atoms with E-state index in [1.165, 1.54) is 10.4 Å². The van der Waals surface area contributed by atoms with Crippen LogP contribution in [0.25, 0.3) is 0 Å². The van der Waals surface area contributed by atoms with Crippen LogP contribution in [0.4, 0.5) is 0 Å². The predicted octanol–water partition coefficient (Wildman–Crippen LogP) is 1.81. The van der Waals surface area contributed by atoms with Gasteiger partial charge in [-0.3, -0.25) is 4.79 Å². The molecule has 2 aliphatic heterocycles. The predicted molar refractivity (Wildman–Crippen MR) is 82.2 cm³/mol. The number of carbonyl (C=O) groups is 1. The maximum absolute atomic E-state index is 12.5. The Hall–Kier alpha value is -0.620. The summed E-state index contributed by atoms with van der Waals surface area (Å²) < 4.78 is 5.33. The molecule has 0 radical (unpaired) electrons. The number of thiophene rings is 1. The van der Waals surface area contributed by atoms with Crippen LogP contribution in [0.15, 0.2) is 11.4 Å². The molecule has 0 aromatic carbocycles. The molecule has 1 amide bonds. The second kappa shape index (κ2) is 6.89. The highest BCUT2D eigenvalue weighted by Gasteiger charge is 2.31. The van der Waals surface area contributed by atoms with E-state index in [-0.39, 0.29) is 30.3 Å². The Morgan fingerprint density at radius 2 is 2.20 bits per heavy atom. The van der Waals surface area contributed by atoms with E-state index in [0.29, 0.717) is 0 Å². The summed E-state index contributed by atoms with van der Waals surface area (Å²) in [5.41, 5.74) is 7.47. The molecule has 1 aromatic heterocycles. The minimum atomic E-state index is -0.357. The average Bonchev–Trinajstić information content (AvgIpc) is 2.94. The topological polar surface area (TPSA) is 55.6 Å². The summed E-state index contributed by atoms with van der Waals surface area (Å²) in [4.78, 5) is 15.8. The fraction of sp³-hybridized carbons (Fsp3) is 0.643. The van der Waals surface area contributed by atoms with Crippen LogP contribution < -0.4 is 5.73 Å². The van der Waals surface area contributed by atoms with Crippen molar-refractivity contribution < 1.29 is 9.53 Å². The highest BCUT2D eigenvalue weighted by molar-refractivity contribution is 7.10. The van der Waals surface area contributed by atoms with Crippen molar-refractivity contribution in [1.29, 1.82) is 0 Å². The van der Waals surface area contributed by atoms with Gasteiger partial charge in [0.15, 0.2) is 0 Å². The van der Waals surface area contributed by atoms with E-state index in [4.69, 9.17) is 10.5 Å². The van der Waals surface area contributed by atoms with Crippen molar-refractivity contribution in [2.24, 2.45) is 11.7 Å². The van der Waals surface area contributed by atoms with Gasteiger partial charge in [-0.05, 0) is 42.2 Å². The van der Waals surface area contributed by atoms with Gasteiger partial charge in [-0.25, -0.2) is 0 Å². The number of fused-ring (bicyclic) bond motifs is 1. The lowest BCUT2D eigenvalue weighted by atomic mass is 9.91. The van der Waals surface area contributed by atoms with Crippen LogP contribution in [-0.4, -0.2) is 36.6 Å². The molecule has 1 aromatic rings. The number of hydrogen-bond donors (Lipinski definition) is 1. The third kappa shape index (κ3) is 3.17. The molecular weight excluding hydrogens is 296 g/mol. The maximum Gasteiger partial charge on any atom is 0.240 e. The van der Waals surface area contributed by atoms with Crippen molar-refractivity contribution in [3.8, 4) is 0 Å². The van der Waals surface area contributed by atoms with Crippen LogP contribution in [-0.2, 0) is 22.5 Å². The Morgan fingerprint density at radius 1 is 1.45 bits per heavy atom. The molecule has 0 aliphatic carbocycles. The van der Waals surface area contributed by atoms with Crippen LogP contribution in [0, 0.1) is 5.92 Å². The van der Waals surface area contributed by atoms with Gasteiger partial charge in [0, 0.05) is 31.2 Å². The van der Waals surface area contributed by atoms with Crippen LogP contribution in [0.2, 0.25) is 0 Å². The second-order valence-corrected chi connectivity index (χ2v) is 6.36. The molecule has 0 spiro atoms. The fourth-order valence-electron chi connectivity index (χ4n) is 2.92. The monoisotopic (exact) mass is 316 g/mol. The van der Waals surface area contributed by atoms with E-state index in [9.17, 15) is 4.79 Å². The lowest BCUT2D eigenvalue weighted by Crippen LogP contribution is -2.50. The molecule has 1 unspecified atom stereocenters. The summed E-state index contributed by atoms with van der Waals surface area (Å²) >= 11 is 1.79. The molecule has 2 N–H and O–H groups in total. The zero-order chi connectivity index (χ0) is 13.2. The highest BCUT2D eigenvalue weighted by atomic mass is 35.5. The molecule has 3 rings (SSSR count). The highest BCUT2D eigenvalue weighted by Crippen LogP contribution is 2.26. The van der Waals surface area contributed by atoms with E-state index in [2.05, 4.69) is 11.4 Å². The van der Waals surface area contributed by atoms with Crippen molar-refractivity contribution in [2.45, 2.75) is 31.8 Å². The normalized spacial score (nSPS) is 20.9. The lowest BCUT2D eigenvalue weighted by molar-refractivity contribution is -0.135. The number of ether oxygens (including phenoxy) is 1. The molecule has 0 saturated carbocycles.